The first-order valence-corrected chi connectivity index (χ1v) is 17.7. The van der Waals surface area contributed by atoms with E-state index in [2.05, 4.69) is 4.99 Å². The topological polar surface area (TPSA) is 135 Å². The molecule has 0 saturated carbocycles. The van der Waals surface area contributed by atoms with Crippen molar-refractivity contribution in [2.45, 2.75) is 84.8 Å². The van der Waals surface area contributed by atoms with E-state index in [1.165, 1.54) is 23.6 Å². The van der Waals surface area contributed by atoms with Crippen LogP contribution in [0.4, 0.5) is 25.4 Å². The number of amides is 1. The first-order chi connectivity index (χ1) is 24.9. The first kappa shape index (κ1) is 37.5. The van der Waals surface area contributed by atoms with Gasteiger partial charge in [0.15, 0.2) is 0 Å². The van der Waals surface area contributed by atoms with Crippen molar-refractivity contribution in [3.63, 3.8) is 0 Å². The minimum Gasteiger partial charge on any atom is -0.458 e. The summed E-state index contributed by atoms with van der Waals surface area (Å²) < 4.78 is 37.5. The fourth-order valence-corrected chi connectivity index (χ4v) is 6.94. The standard InChI is InChI=1S/C39H44ClFN6O6/c1-23(48)51-34-22-44(32-19-25(40)11-13-28(32)42)17-16-31(34)47-33-20-26(41)12-14-30(33)46(35(47)43-36(49)52-38(2,3)4)21-24-9-8-10-29-27(24)15-18-45(29)37(50)53-39(5,6)7/h8-15,18-20,31,34H,16-17,21-22,42H2,1-7H3/b43-35-. The highest BCUT2D eigenvalue weighted by Gasteiger charge is 2.36. The molecule has 2 aromatic heterocycles. The Hall–Kier alpha value is -5.30. The van der Waals surface area contributed by atoms with E-state index in [0.717, 1.165) is 10.9 Å². The predicted octanol–water partition coefficient (Wildman–Crippen LogP) is 7.82. The number of aromatic nitrogens is 3. The third-order valence-electron chi connectivity index (χ3n) is 8.78. The monoisotopic (exact) mass is 746 g/mol. The third-order valence-corrected chi connectivity index (χ3v) is 9.01. The largest absolute Gasteiger partial charge is 0.458 e. The highest BCUT2D eigenvalue weighted by atomic mass is 35.5. The highest BCUT2D eigenvalue weighted by Crippen LogP contribution is 2.35. The maximum Gasteiger partial charge on any atom is 0.437 e. The number of nitrogens with zero attached hydrogens (tertiary/aromatic N) is 5. The van der Waals surface area contributed by atoms with Gasteiger partial charge in [-0.2, -0.15) is 0 Å². The van der Waals surface area contributed by atoms with Gasteiger partial charge in [0.2, 0.25) is 5.62 Å². The zero-order valence-electron chi connectivity index (χ0n) is 30.9. The number of halogens is 2. The number of nitrogens with two attached hydrogens (primary N) is 1. The molecule has 0 aliphatic carbocycles. The molecule has 2 N–H and O–H groups in total. The van der Waals surface area contributed by atoms with Crippen LogP contribution in [0, 0.1) is 5.82 Å². The second kappa shape index (κ2) is 14.3. The molecule has 3 aromatic carbocycles. The molecule has 6 rings (SSSR count). The maximum atomic E-state index is 15.2. The Morgan fingerprint density at radius 3 is 2.38 bits per heavy atom. The number of hydrogen-bond acceptors (Lipinski definition) is 8. The SMILES string of the molecule is CC(=O)OC1CN(c2cc(Cl)ccc2N)CCC1n1/c(=N\C(=O)OC(C)(C)C)n(Cc2cccc3c2ccn3C(=O)OC(C)(C)C)c2ccc(F)cc21. The summed E-state index contributed by atoms with van der Waals surface area (Å²) in [4.78, 5) is 45.7. The number of rotatable bonds is 5. The summed E-state index contributed by atoms with van der Waals surface area (Å²) in [7, 11) is 0. The van der Waals surface area contributed by atoms with Gasteiger partial charge in [-0.05, 0) is 102 Å². The average Bonchev–Trinajstić information content (AvgIpc) is 3.60. The number of carbonyl (C=O) groups is 3. The van der Waals surface area contributed by atoms with Crippen molar-refractivity contribution in [2.75, 3.05) is 23.7 Å². The van der Waals surface area contributed by atoms with Crippen LogP contribution in [0.25, 0.3) is 21.9 Å². The number of esters is 1. The minimum atomic E-state index is -0.854. The van der Waals surface area contributed by atoms with E-state index in [4.69, 9.17) is 31.5 Å². The van der Waals surface area contributed by atoms with Crippen molar-refractivity contribution < 1.29 is 33.0 Å². The van der Waals surface area contributed by atoms with Crippen molar-refractivity contribution in [1.82, 2.24) is 13.7 Å². The van der Waals surface area contributed by atoms with Crippen molar-refractivity contribution >= 4 is 63.1 Å². The molecule has 0 radical (unpaired) electrons. The van der Waals surface area contributed by atoms with E-state index in [-0.39, 0.29) is 18.7 Å². The van der Waals surface area contributed by atoms with Crippen molar-refractivity contribution in [3.05, 3.63) is 88.9 Å². The maximum absolute atomic E-state index is 15.2. The van der Waals surface area contributed by atoms with Gasteiger partial charge in [0.1, 0.15) is 23.1 Å². The molecule has 1 aliphatic rings. The van der Waals surface area contributed by atoms with Gasteiger partial charge in [-0.25, -0.2) is 14.0 Å². The van der Waals surface area contributed by atoms with Crippen LogP contribution < -0.4 is 16.3 Å². The molecule has 53 heavy (non-hydrogen) atoms. The minimum absolute atomic E-state index is 0.168. The van der Waals surface area contributed by atoms with E-state index < -0.39 is 47.3 Å². The van der Waals surface area contributed by atoms with Crippen LogP contribution in [0.5, 0.6) is 0 Å². The molecule has 12 nitrogen and oxygen atoms in total. The zero-order valence-corrected chi connectivity index (χ0v) is 31.6. The fourth-order valence-electron chi connectivity index (χ4n) is 6.77. The van der Waals surface area contributed by atoms with Gasteiger partial charge in [0, 0.05) is 30.1 Å². The number of hydrogen-bond donors (Lipinski definition) is 1. The second-order valence-electron chi connectivity index (χ2n) is 15.2. The molecule has 1 amide bonds. The van der Waals surface area contributed by atoms with Gasteiger partial charge < -0.3 is 34.0 Å². The molecule has 2 atom stereocenters. The molecule has 0 spiro atoms. The van der Waals surface area contributed by atoms with Crippen molar-refractivity contribution in [1.29, 1.82) is 0 Å². The van der Waals surface area contributed by atoms with E-state index >= 15 is 4.39 Å². The molecule has 14 heteroatoms. The van der Waals surface area contributed by atoms with Gasteiger partial charge in [0.05, 0.1) is 47.1 Å². The molecular formula is C39H44ClFN6O6. The summed E-state index contributed by atoms with van der Waals surface area (Å²) in [5.74, 6) is -1.01. The average molecular weight is 747 g/mol. The summed E-state index contributed by atoms with van der Waals surface area (Å²) >= 11 is 6.33. The van der Waals surface area contributed by atoms with E-state index in [0.29, 0.717) is 45.9 Å². The third kappa shape index (κ3) is 8.20. The smallest absolute Gasteiger partial charge is 0.437 e. The Balaban J connectivity index is 1.53. The van der Waals surface area contributed by atoms with Crippen molar-refractivity contribution in [3.8, 4) is 0 Å². The van der Waals surface area contributed by atoms with E-state index in [9.17, 15) is 14.4 Å². The highest BCUT2D eigenvalue weighted by molar-refractivity contribution is 6.31. The summed E-state index contributed by atoms with van der Waals surface area (Å²) in [5.41, 5.74) is 8.58. The number of benzene rings is 3. The number of piperidine rings is 1. The molecule has 5 aromatic rings. The molecule has 3 heterocycles. The predicted molar refractivity (Wildman–Crippen MR) is 202 cm³/mol. The molecular weight excluding hydrogens is 703 g/mol. The van der Waals surface area contributed by atoms with Crippen LogP contribution in [0.15, 0.2) is 71.9 Å². The van der Waals surface area contributed by atoms with Gasteiger partial charge in [-0.15, -0.1) is 4.99 Å². The fraction of sp³-hybridized carbons (Fsp3) is 0.385. The molecule has 1 saturated heterocycles. The van der Waals surface area contributed by atoms with Gasteiger partial charge in [-0.3, -0.25) is 9.36 Å². The van der Waals surface area contributed by atoms with Crippen LogP contribution >= 0.6 is 11.6 Å². The van der Waals surface area contributed by atoms with Gasteiger partial charge in [0.25, 0.3) is 0 Å². The molecule has 280 valence electrons. The zero-order chi connectivity index (χ0) is 38.4. The van der Waals surface area contributed by atoms with Crippen LogP contribution in [-0.4, -0.2) is 62.3 Å². The number of carbonyl (C=O) groups excluding carboxylic acids is 3. The Morgan fingerprint density at radius 1 is 0.943 bits per heavy atom. The normalized spacial score (nSPS) is 17.0. The summed E-state index contributed by atoms with van der Waals surface area (Å²) in [5, 5.41) is 1.27. The van der Waals surface area contributed by atoms with Crippen LogP contribution in [0.3, 0.4) is 0 Å². The second-order valence-corrected chi connectivity index (χ2v) is 15.6. The Morgan fingerprint density at radius 2 is 1.68 bits per heavy atom. The Labute approximate surface area is 311 Å². The molecule has 2 unspecified atom stereocenters. The van der Waals surface area contributed by atoms with Gasteiger partial charge >= 0.3 is 18.2 Å². The van der Waals surface area contributed by atoms with Crippen molar-refractivity contribution in [2.24, 2.45) is 4.99 Å². The number of imidazole rings is 1. The number of anilines is 2. The summed E-state index contributed by atoms with van der Waals surface area (Å²) in [6.45, 7) is 12.8. The van der Waals surface area contributed by atoms with Crippen LogP contribution in [0.1, 0.15) is 66.5 Å². The lowest BCUT2D eigenvalue weighted by Gasteiger charge is -2.40. The number of ether oxygens (including phenoxy) is 3. The Kier molecular flexibility index (Phi) is 10.1. The van der Waals surface area contributed by atoms with E-state index in [1.807, 2.05) is 33.7 Å². The molecule has 1 fully saturated rings. The number of fused-ring (bicyclic) bond motifs is 2. The van der Waals surface area contributed by atoms with Crippen LogP contribution in [-0.2, 0) is 25.5 Å². The lowest BCUT2D eigenvalue weighted by atomic mass is 10.00. The lowest BCUT2D eigenvalue weighted by Crippen LogP contribution is -2.49. The van der Waals surface area contributed by atoms with Gasteiger partial charge in [-0.1, -0.05) is 23.7 Å². The van der Waals surface area contributed by atoms with Crippen LogP contribution in [0.2, 0.25) is 5.02 Å². The first-order valence-electron chi connectivity index (χ1n) is 17.4. The summed E-state index contributed by atoms with van der Waals surface area (Å²) in [6, 6.07) is 16.3. The molecule has 1 aliphatic heterocycles. The summed E-state index contributed by atoms with van der Waals surface area (Å²) in [6.07, 6.45) is -0.0896. The Bertz CT molecular complexity index is 2300. The number of nitrogen functional groups attached to an aromatic ring is 1. The molecule has 0 bridgehead atoms. The van der Waals surface area contributed by atoms with E-state index in [1.54, 1.807) is 76.6 Å². The lowest BCUT2D eigenvalue weighted by molar-refractivity contribution is -0.148. The quantitative estimate of drug-likeness (QED) is 0.109.